The summed E-state index contributed by atoms with van der Waals surface area (Å²) >= 11 is 0. The van der Waals surface area contributed by atoms with Gasteiger partial charge in [-0.25, -0.2) is 13.2 Å². The molecule has 106 valence electrons. The van der Waals surface area contributed by atoms with Gasteiger partial charge in [0.2, 0.25) is 0 Å². The van der Waals surface area contributed by atoms with Gasteiger partial charge in [-0.15, -0.1) is 0 Å². The van der Waals surface area contributed by atoms with Crippen molar-refractivity contribution in [2.24, 2.45) is 11.7 Å². The minimum absolute atomic E-state index is 0.0862. The maximum absolute atomic E-state index is 13.7. The molecule has 0 radical (unpaired) electrons. The van der Waals surface area contributed by atoms with Gasteiger partial charge >= 0.3 is 0 Å². The van der Waals surface area contributed by atoms with Crippen molar-refractivity contribution in [3.8, 4) is 0 Å². The van der Waals surface area contributed by atoms with Gasteiger partial charge in [0.05, 0.1) is 0 Å². The van der Waals surface area contributed by atoms with Gasteiger partial charge in [0.1, 0.15) is 0 Å². The molecule has 1 atom stereocenters. The van der Waals surface area contributed by atoms with Crippen LogP contribution in [-0.2, 0) is 0 Å². The highest BCUT2D eigenvalue weighted by Gasteiger charge is 2.22. The summed E-state index contributed by atoms with van der Waals surface area (Å²) in [4.78, 5) is 0. The first-order chi connectivity index (χ1) is 9.09. The Morgan fingerprint density at radius 1 is 1.00 bits per heavy atom. The molecule has 1 fully saturated rings. The van der Waals surface area contributed by atoms with E-state index in [0.717, 1.165) is 18.9 Å². The quantitative estimate of drug-likeness (QED) is 0.637. The SMILES string of the molecule is NC(CC1CCCCCC1)c1ccc(F)c(F)c1F. The molecule has 0 bridgehead atoms. The van der Waals surface area contributed by atoms with E-state index in [4.69, 9.17) is 5.73 Å². The first kappa shape index (κ1) is 14.4. The van der Waals surface area contributed by atoms with Crippen LogP contribution in [-0.4, -0.2) is 0 Å². The van der Waals surface area contributed by atoms with Crippen LogP contribution in [0.4, 0.5) is 13.2 Å². The van der Waals surface area contributed by atoms with Gasteiger partial charge in [-0.1, -0.05) is 44.6 Å². The third-order valence-corrected chi connectivity index (χ3v) is 4.03. The summed E-state index contributed by atoms with van der Waals surface area (Å²) in [6.07, 6.45) is 7.67. The number of halogens is 3. The number of benzene rings is 1. The van der Waals surface area contributed by atoms with Crippen LogP contribution in [0.15, 0.2) is 12.1 Å². The van der Waals surface area contributed by atoms with Crippen LogP contribution in [0, 0.1) is 23.4 Å². The molecule has 1 aliphatic carbocycles. The topological polar surface area (TPSA) is 26.0 Å². The molecule has 1 aliphatic rings. The van der Waals surface area contributed by atoms with E-state index in [1.165, 1.54) is 31.7 Å². The molecule has 1 saturated carbocycles. The standard InChI is InChI=1S/C15H20F3N/c16-12-8-7-11(14(17)15(12)18)13(19)9-10-5-3-1-2-4-6-10/h7-8,10,13H,1-6,9,19H2. The summed E-state index contributed by atoms with van der Waals surface area (Å²) in [5, 5.41) is 0. The number of hydrogen-bond donors (Lipinski definition) is 1. The fourth-order valence-electron chi connectivity index (χ4n) is 2.91. The molecule has 4 heteroatoms. The molecule has 1 nitrogen and oxygen atoms in total. The summed E-state index contributed by atoms with van der Waals surface area (Å²) in [5.74, 6) is -3.26. The first-order valence-electron chi connectivity index (χ1n) is 6.98. The summed E-state index contributed by atoms with van der Waals surface area (Å²) in [6.45, 7) is 0. The van der Waals surface area contributed by atoms with Crippen molar-refractivity contribution in [2.75, 3.05) is 0 Å². The maximum atomic E-state index is 13.7. The minimum Gasteiger partial charge on any atom is -0.324 e. The van der Waals surface area contributed by atoms with Crippen LogP contribution >= 0.6 is 0 Å². The third-order valence-electron chi connectivity index (χ3n) is 4.03. The van der Waals surface area contributed by atoms with Crippen molar-refractivity contribution in [1.82, 2.24) is 0 Å². The van der Waals surface area contributed by atoms with Crippen molar-refractivity contribution < 1.29 is 13.2 Å². The zero-order chi connectivity index (χ0) is 13.8. The molecule has 0 amide bonds. The Morgan fingerprint density at radius 3 is 2.26 bits per heavy atom. The summed E-state index contributed by atoms with van der Waals surface area (Å²) in [7, 11) is 0. The van der Waals surface area contributed by atoms with Gasteiger partial charge in [0.15, 0.2) is 17.5 Å². The highest BCUT2D eigenvalue weighted by molar-refractivity contribution is 5.23. The zero-order valence-electron chi connectivity index (χ0n) is 11.0. The average Bonchev–Trinajstić information content (AvgIpc) is 2.64. The van der Waals surface area contributed by atoms with Gasteiger partial charge in [-0.3, -0.25) is 0 Å². The minimum atomic E-state index is -1.42. The van der Waals surface area contributed by atoms with Crippen molar-refractivity contribution in [3.05, 3.63) is 35.1 Å². The number of nitrogens with two attached hydrogens (primary N) is 1. The lowest BCUT2D eigenvalue weighted by molar-refractivity contribution is 0.378. The lowest BCUT2D eigenvalue weighted by atomic mass is 9.90. The van der Waals surface area contributed by atoms with Crippen LogP contribution < -0.4 is 5.73 Å². The lowest BCUT2D eigenvalue weighted by Crippen LogP contribution is -2.17. The zero-order valence-corrected chi connectivity index (χ0v) is 11.0. The van der Waals surface area contributed by atoms with Gasteiger partial charge < -0.3 is 5.73 Å². The van der Waals surface area contributed by atoms with Crippen molar-refractivity contribution in [3.63, 3.8) is 0 Å². The summed E-state index contributed by atoms with van der Waals surface area (Å²) < 4.78 is 39.7. The number of hydrogen-bond acceptors (Lipinski definition) is 1. The molecule has 2 rings (SSSR count). The van der Waals surface area contributed by atoms with E-state index < -0.39 is 23.5 Å². The molecule has 0 heterocycles. The Hall–Kier alpha value is -1.03. The van der Waals surface area contributed by atoms with E-state index in [9.17, 15) is 13.2 Å². The van der Waals surface area contributed by atoms with Crippen LogP contribution in [0.2, 0.25) is 0 Å². The van der Waals surface area contributed by atoms with Crippen molar-refractivity contribution in [2.45, 2.75) is 51.0 Å². The largest absolute Gasteiger partial charge is 0.324 e. The molecule has 0 aromatic heterocycles. The predicted molar refractivity (Wildman–Crippen MR) is 69.1 cm³/mol. The van der Waals surface area contributed by atoms with E-state index in [2.05, 4.69) is 0 Å². The van der Waals surface area contributed by atoms with E-state index in [1.54, 1.807) is 0 Å². The molecule has 1 aromatic carbocycles. The second-order valence-electron chi connectivity index (χ2n) is 5.46. The fraction of sp³-hybridized carbons (Fsp3) is 0.600. The molecular formula is C15H20F3N. The summed E-state index contributed by atoms with van der Waals surface area (Å²) in [5.41, 5.74) is 6.05. The molecule has 0 saturated heterocycles. The lowest BCUT2D eigenvalue weighted by Gasteiger charge is -2.20. The monoisotopic (exact) mass is 271 g/mol. The second kappa shape index (κ2) is 6.42. The molecule has 1 unspecified atom stereocenters. The maximum Gasteiger partial charge on any atom is 0.194 e. The molecular weight excluding hydrogens is 251 g/mol. The molecule has 1 aromatic rings. The van der Waals surface area contributed by atoms with Gasteiger partial charge in [0.25, 0.3) is 0 Å². The van der Waals surface area contributed by atoms with Crippen LogP contribution in [0.1, 0.15) is 56.6 Å². The summed E-state index contributed by atoms with van der Waals surface area (Å²) in [6, 6.07) is 1.65. The van der Waals surface area contributed by atoms with Crippen LogP contribution in [0.5, 0.6) is 0 Å². The Kier molecular flexibility index (Phi) is 4.86. The number of rotatable bonds is 3. The Labute approximate surface area is 112 Å². The molecule has 0 aliphatic heterocycles. The van der Waals surface area contributed by atoms with Crippen molar-refractivity contribution in [1.29, 1.82) is 0 Å². The van der Waals surface area contributed by atoms with Crippen molar-refractivity contribution >= 4 is 0 Å². The Bertz CT molecular complexity index is 426. The Morgan fingerprint density at radius 2 is 1.63 bits per heavy atom. The van der Waals surface area contributed by atoms with Gasteiger partial charge in [0, 0.05) is 11.6 Å². The highest BCUT2D eigenvalue weighted by atomic mass is 19.2. The van der Waals surface area contributed by atoms with E-state index in [0.29, 0.717) is 12.3 Å². The van der Waals surface area contributed by atoms with E-state index in [-0.39, 0.29) is 5.56 Å². The van der Waals surface area contributed by atoms with Gasteiger partial charge in [-0.2, -0.15) is 0 Å². The van der Waals surface area contributed by atoms with E-state index in [1.807, 2.05) is 0 Å². The van der Waals surface area contributed by atoms with Gasteiger partial charge in [-0.05, 0) is 18.4 Å². The molecule has 0 spiro atoms. The Balaban J connectivity index is 2.06. The smallest absolute Gasteiger partial charge is 0.194 e. The highest BCUT2D eigenvalue weighted by Crippen LogP contribution is 2.31. The van der Waals surface area contributed by atoms with Crippen LogP contribution in [0.3, 0.4) is 0 Å². The predicted octanol–water partition coefficient (Wildman–Crippen LogP) is 4.46. The third kappa shape index (κ3) is 3.50. The first-order valence-corrected chi connectivity index (χ1v) is 6.98. The normalized spacial score (nSPS) is 19.2. The fourth-order valence-corrected chi connectivity index (χ4v) is 2.91. The molecule has 19 heavy (non-hydrogen) atoms. The van der Waals surface area contributed by atoms with E-state index >= 15 is 0 Å². The second-order valence-corrected chi connectivity index (χ2v) is 5.46. The average molecular weight is 271 g/mol. The van der Waals surface area contributed by atoms with Crippen LogP contribution in [0.25, 0.3) is 0 Å². The molecule has 2 N–H and O–H groups in total.